The average Bonchev–Trinajstić information content (AvgIpc) is 3.38. The summed E-state index contributed by atoms with van der Waals surface area (Å²) in [4.78, 5) is 11.8. The van der Waals surface area contributed by atoms with Crippen LogP contribution in [0.2, 0.25) is 0 Å². The molecule has 2 N–H and O–H groups in total. The molecule has 4 heteroatoms. The highest BCUT2D eigenvalue weighted by atomic mass is 16.6. The SMILES string of the molecule is CC(C)(C)OC(=O)NCC1CC1c1cccc(NCc2ccccc2)c1. The van der Waals surface area contributed by atoms with Crippen molar-refractivity contribution in [2.45, 2.75) is 45.3 Å². The summed E-state index contributed by atoms with van der Waals surface area (Å²) in [5.41, 5.74) is 3.28. The number of rotatable bonds is 6. The molecule has 2 atom stereocenters. The van der Waals surface area contributed by atoms with Gasteiger partial charge in [0.25, 0.3) is 0 Å². The number of hydrogen-bond donors (Lipinski definition) is 2. The first kappa shape index (κ1) is 18.3. The van der Waals surface area contributed by atoms with Crippen molar-refractivity contribution >= 4 is 11.8 Å². The van der Waals surface area contributed by atoms with Gasteiger partial charge in [-0.05, 0) is 62.3 Å². The van der Waals surface area contributed by atoms with Crippen molar-refractivity contribution in [2.24, 2.45) is 5.92 Å². The van der Waals surface area contributed by atoms with Gasteiger partial charge in [0.15, 0.2) is 0 Å². The Morgan fingerprint density at radius 1 is 1.12 bits per heavy atom. The maximum atomic E-state index is 11.8. The zero-order valence-electron chi connectivity index (χ0n) is 15.8. The molecule has 1 aliphatic rings. The molecule has 1 amide bonds. The van der Waals surface area contributed by atoms with Crippen LogP contribution in [0.1, 0.15) is 44.2 Å². The Kier molecular flexibility index (Phi) is 5.50. The van der Waals surface area contributed by atoms with E-state index in [9.17, 15) is 4.79 Å². The van der Waals surface area contributed by atoms with Crippen molar-refractivity contribution in [2.75, 3.05) is 11.9 Å². The van der Waals surface area contributed by atoms with Gasteiger partial charge in [-0.2, -0.15) is 0 Å². The van der Waals surface area contributed by atoms with Gasteiger partial charge in [-0.3, -0.25) is 0 Å². The van der Waals surface area contributed by atoms with E-state index in [4.69, 9.17) is 4.74 Å². The lowest BCUT2D eigenvalue weighted by atomic mass is 10.1. The fourth-order valence-electron chi connectivity index (χ4n) is 3.09. The first-order valence-electron chi connectivity index (χ1n) is 9.25. The minimum Gasteiger partial charge on any atom is -0.444 e. The number of nitrogens with one attached hydrogen (secondary N) is 2. The Bertz CT molecular complexity index is 737. The molecule has 0 saturated heterocycles. The summed E-state index contributed by atoms with van der Waals surface area (Å²) in [5, 5.41) is 6.37. The molecule has 1 fully saturated rings. The second-order valence-corrected chi connectivity index (χ2v) is 7.95. The van der Waals surface area contributed by atoms with Crippen LogP contribution < -0.4 is 10.6 Å². The van der Waals surface area contributed by atoms with E-state index in [1.165, 1.54) is 11.1 Å². The van der Waals surface area contributed by atoms with Crippen molar-refractivity contribution < 1.29 is 9.53 Å². The van der Waals surface area contributed by atoms with E-state index < -0.39 is 5.60 Å². The van der Waals surface area contributed by atoms with Crippen molar-refractivity contribution in [3.8, 4) is 0 Å². The van der Waals surface area contributed by atoms with Crippen LogP contribution in [0.3, 0.4) is 0 Å². The molecule has 4 nitrogen and oxygen atoms in total. The Morgan fingerprint density at radius 3 is 2.62 bits per heavy atom. The van der Waals surface area contributed by atoms with Crippen LogP contribution in [-0.4, -0.2) is 18.2 Å². The van der Waals surface area contributed by atoms with Crippen LogP contribution in [0.4, 0.5) is 10.5 Å². The number of anilines is 1. The van der Waals surface area contributed by atoms with Gasteiger partial charge in [0, 0.05) is 18.8 Å². The van der Waals surface area contributed by atoms with Gasteiger partial charge >= 0.3 is 6.09 Å². The van der Waals surface area contributed by atoms with Crippen LogP contribution in [-0.2, 0) is 11.3 Å². The number of amides is 1. The van der Waals surface area contributed by atoms with Gasteiger partial charge in [-0.25, -0.2) is 4.79 Å². The number of carbonyl (C=O) groups is 1. The van der Waals surface area contributed by atoms with E-state index in [-0.39, 0.29) is 6.09 Å². The lowest BCUT2D eigenvalue weighted by Crippen LogP contribution is -2.33. The molecule has 1 saturated carbocycles. The molecule has 2 aromatic rings. The maximum Gasteiger partial charge on any atom is 0.407 e. The summed E-state index contributed by atoms with van der Waals surface area (Å²) in [6.45, 7) is 7.11. The van der Waals surface area contributed by atoms with Crippen LogP contribution >= 0.6 is 0 Å². The first-order chi connectivity index (χ1) is 12.4. The van der Waals surface area contributed by atoms with Crippen molar-refractivity contribution in [1.82, 2.24) is 5.32 Å². The van der Waals surface area contributed by atoms with Gasteiger partial charge in [0.05, 0.1) is 0 Å². The molecule has 3 rings (SSSR count). The third kappa shape index (κ3) is 5.51. The zero-order valence-corrected chi connectivity index (χ0v) is 15.8. The van der Waals surface area contributed by atoms with Crippen molar-refractivity contribution in [3.05, 3.63) is 65.7 Å². The summed E-state index contributed by atoms with van der Waals surface area (Å²) in [6.07, 6.45) is 0.777. The van der Waals surface area contributed by atoms with Gasteiger partial charge in [-0.15, -0.1) is 0 Å². The van der Waals surface area contributed by atoms with Crippen LogP contribution in [0.5, 0.6) is 0 Å². The molecule has 0 aliphatic heterocycles. The summed E-state index contributed by atoms with van der Waals surface area (Å²) in [6, 6.07) is 19.0. The zero-order chi connectivity index (χ0) is 18.6. The quantitative estimate of drug-likeness (QED) is 0.775. The molecular weight excluding hydrogens is 324 g/mol. The third-order valence-electron chi connectivity index (χ3n) is 4.48. The second-order valence-electron chi connectivity index (χ2n) is 7.95. The van der Waals surface area contributed by atoms with Crippen molar-refractivity contribution in [3.63, 3.8) is 0 Å². The number of carbonyl (C=O) groups excluding carboxylic acids is 1. The first-order valence-corrected chi connectivity index (χ1v) is 9.25. The topological polar surface area (TPSA) is 50.4 Å². The molecule has 138 valence electrons. The normalized spacial score (nSPS) is 18.9. The third-order valence-corrected chi connectivity index (χ3v) is 4.48. The Morgan fingerprint density at radius 2 is 1.88 bits per heavy atom. The summed E-state index contributed by atoms with van der Waals surface area (Å²) in [5.74, 6) is 1.01. The number of alkyl carbamates (subject to hydrolysis) is 1. The molecule has 0 heterocycles. The Balaban J connectivity index is 1.48. The molecular formula is C22H28N2O2. The smallest absolute Gasteiger partial charge is 0.407 e. The van der Waals surface area contributed by atoms with Gasteiger partial charge in [0.2, 0.25) is 0 Å². The Hall–Kier alpha value is -2.49. The monoisotopic (exact) mass is 352 g/mol. The predicted molar refractivity (Wildman–Crippen MR) is 105 cm³/mol. The molecule has 0 aromatic heterocycles. The van der Waals surface area contributed by atoms with Gasteiger partial charge in [-0.1, -0.05) is 42.5 Å². The largest absolute Gasteiger partial charge is 0.444 e. The summed E-state index contributed by atoms with van der Waals surface area (Å²) < 4.78 is 5.29. The minimum absolute atomic E-state index is 0.332. The molecule has 1 aliphatic carbocycles. The highest BCUT2D eigenvalue weighted by molar-refractivity contribution is 5.67. The Labute approximate surface area is 156 Å². The van der Waals surface area contributed by atoms with Crippen LogP contribution in [0, 0.1) is 5.92 Å². The van der Waals surface area contributed by atoms with Gasteiger partial charge in [0.1, 0.15) is 5.60 Å². The average molecular weight is 352 g/mol. The summed E-state index contributed by atoms with van der Waals surface area (Å²) in [7, 11) is 0. The van der Waals surface area contributed by atoms with Crippen molar-refractivity contribution in [1.29, 1.82) is 0 Å². The summed E-state index contributed by atoms with van der Waals surface area (Å²) >= 11 is 0. The predicted octanol–water partition coefficient (Wildman–Crippen LogP) is 4.93. The van der Waals surface area contributed by atoms with E-state index in [1.54, 1.807) is 0 Å². The van der Waals surface area contributed by atoms with E-state index in [0.29, 0.717) is 18.4 Å². The molecule has 2 unspecified atom stereocenters. The highest BCUT2D eigenvalue weighted by Crippen LogP contribution is 2.47. The van der Waals surface area contributed by atoms with E-state index in [0.717, 1.165) is 18.7 Å². The molecule has 0 radical (unpaired) electrons. The number of ether oxygens (including phenoxy) is 1. The molecule has 0 spiro atoms. The second kappa shape index (κ2) is 7.81. The lowest BCUT2D eigenvalue weighted by molar-refractivity contribution is 0.0525. The molecule has 26 heavy (non-hydrogen) atoms. The van der Waals surface area contributed by atoms with E-state index in [1.807, 2.05) is 26.8 Å². The van der Waals surface area contributed by atoms with Gasteiger partial charge < -0.3 is 15.4 Å². The van der Waals surface area contributed by atoms with Crippen LogP contribution in [0.25, 0.3) is 0 Å². The maximum absolute atomic E-state index is 11.8. The fraction of sp³-hybridized carbons (Fsp3) is 0.409. The lowest BCUT2D eigenvalue weighted by Gasteiger charge is -2.19. The van der Waals surface area contributed by atoms with Crippen LogP contribution in [0.15, 0.2) is 54.6 Å². The number of benzene rings is 2. The fourth-order valence-corrected chi connectivity index (χ4v) is 3.09. The molecule has 2 aromatic carbocycles. The number of hydrogen-bond acceptors (Lipinski definition) is 3. The highest BCUT2D eigenvalue weighted by Gasteiger charge is 2.38. The van der Waals surface area contributed by atoms with E-state index >= 15 is 0 Å². The van der Waals surface area contributed by atoms with E-state index in [2.05, 4.69) is 59.2 Å². The standard InChI is InChI=1S/C22H28N2O2/c1-22(2,3)26-21(25)24-15-18-13-20(18)17-10-7-11-19(12-17)23-14-16-8-5-4-6-9-16/h4-12,18,20,23H,13-15H2,1-3H3,(H,24,25). The molecule has 0 bridgehead atoms. The minimum atomic E-state index is -0.453.